The first-order chi connectivity index (χ1) is 14.0. The summed E-state index contributed by atoms with van der Waals surface area (Å²) in [6.45, 7) is 6.19. The molecular weight excluding hydrogens is 370 g/mol. The zero-order chi connectivity index (χ0) is 20.7. The van der Waals surface area contributed by atoms with E-state index in [2.05, 4.69) is 13.5 Å². The topological polar surface area (TPSA) is 65.1 Å². The van der Waals surface area contributed by atoms with E-state index in [1.165, 1.54) is 0 Å². The molecule has 1 aliphatic carbocycles. The lowest BCUT2D eigenvalue weighted by Gasteiger charge is -2.37. The highest BCUT2D eigenvalue weighted by molar-refractivity contribution is 6.11. The highest BCUT2D eigenvalue weighted by Gasteiger charge is 2.51. The number of ether oxygens (including phenoxy) is 3. The molecule has 29 heavy (non-hydrogen) atoms. The maximum atomic E-state index is 13.4. The first-order valence-electron chi connectivity index (χ1n) is 10.1. The molecule has 0 N–H and O–H groups in total. The molecule has 154 valence electrons. The first kappa shape index (κ1) is 19.6. The first-order valence-corrected chi connectivity index (χ1v) is 10.1. The monoisotopic (exact) mass is 397 g/mol. The SMILES string of the molecule is C=CCOc1ccc(C2C3=C(OC4CCC(C)CC4C3=O)C(=O)N2C)cc1OC. The number of likely N-dealkylation sites (N-methyl/N-ethyl adjacent to an activating group) is 1. The van der Waals surface area contributed by atoms with Crippen molar-refractivity contribution in [2.24, 2.45) is 11.8 Å². The van der Waals surface area contributed by atoms with Crippen LogP contribution in [0.2, 0.25) is 0 Å². The Morgan fingerprint density at radius 2 is 2.07 bits per heavy atom. The van der Waals surface area contributed by atoms with Gasteiger partial charge in [0.15, 0.2) is 23.0 Å². The molecule has 1 aromatic rings. The average molecular weight is 397 g/mol. The van der Waals surface area contributed by atoms with E-state index in [0.717, 1.165) is 24.8 Å². The fourth-order valence-electron chi connectivity index (χ4n) is 4.70. The minimum atomic E-state index is -0.481. The lowest BCUT2D eigenvalue weighted by Crippen LogP contribution is -2.41. The Kier molecular flexibility index (Phi) is 5.11. The van der Waals surface area contributed by atoms with Gasteiger partial charge in [-0.3, -0.25) is 9.59 Å². The van der Waals surface area contributed by atoms with E-state index in [1.54, 1.807) is 31.2 Å². The molecule has 1 amide bonds. The summed E-state index contributed by atoms with van der Waals surface area (Å²) in [4.78, 5) is 27.9. The summed E-state index contributed by atoms with van der Waals surface area (Å²) >= 11 is 0. The Bertz CT molecular complexity index is 889. The third-order valence-electron chi connectivity index (χ3n) is 6.20. The van der Waals surface area contributed by atoms with Crippen LogP contribution >= 0.6 is 0 Å². The van der Waals surface area contributed by atoms with E-state index in [4.69, 9.17) is 14.2 Å². The largest absolute Gasteiger partial charge is 0.493 e. The van der Waals surface area contributed by atoms with E-state index in [1.807, 2.05) is 12.1 Å². The highest BCUT2D eigenvalue weighted by Crippen LogP contribution is 2.47. The summed E-state index contributed by atoms with van der Waals surface area (Å²) in [5.41, 5.74) is 1.28. The number of ketones is 1. The molecule has 0 radical (unpaired) electrons. The van der Waals surface area contributed by atoms with Crippen molar-refractivity contribution < 1.29 is 23.8 Å². The van der Waals surface area contributed by atoms with Crippen molar-refractivity contribution in [2.45, 2.75) is 38.3 Å². The number of Topliss-reactive ketones (excluding diaryl/α,β-unsaturated/α-hetero) is 1. The van der Waals surface area contributed by atoms with Crippen molar-refractivity contribution in [1.82, 2.24) is 4.90 Å². The molecule has 0 bridgehead atoms. The van der Waals surface area contributed by atoms with Gasteiger partial charge in [0.25, 0.3) is 5.91 Å². The number of carbonyl (C=O) groups excluding carboxylic acids is 2. The zero-order valence-corrected chi connectivity index (χ0v) is 17.1. The van der Waals surface area contributed by atoms with Crippen molar-refractivity contribution in [2.75, 3.05) is 20.8 Å². The summed E-state index contributed by atoms with van der Waals surface area (Å²) in [5.74, 6) is 1.50. The van der Waals surface area contributed by atoms with Gasteiger partial charge in [-0.2, -0.15) is 0 Å². The lowest BCUT2D eigenvalue weighted by molar-refractivity contribution is -0.135. The number of hydrogen-bond acceptors (Lipinski definition) is 5. The van der Waals surface area contributed by atoms with E-state index in [9.17, 15) is 9.59 Å². The molecule has 6 nitrogen and oxygen atoms in total. The van der Waals surface area contributed by atoms with Crippen LogP contribution in [0.1, 0.15) is 37.8 Å². The van der Waals surface area contributed by atoms with Crippen LogP contribution in [0.4, 0.5) is 0 Å². The number of hydrogen-bond donors (Lipinski definition) is 0. The van der Waals surface area contributed by atoms with Crippen molar-refractivity contribution in [3.63, 3.8) is 0 Å². The smallest absolute Gasteiger partial charge is 0.289 e. The minimum absolute atomic E-state index is 0.0523. The van der Waals surface area contributed by atoms with Crippen molar-refractivity contribution in [3.05, 3.63) is 47.7 Å². The molecule has 4 atom stereocenters. The van der Waals surface area contributed by atoms with Gasteiger partial charge in [-0.05, 0) is 42.9 Å². The van der Waals surface area contributed by atoms with Gasteiger partial charge in [0.05, 0.1) is 24.6 Å². The molecule has 6 heteroatoms. The van der Waals surface area contributed by atoms with Crippen LogP contribution < -0.4 is 9.47 Å². The van der Waals surface area contributed by atoms with Gasteiger partial charge in [-0.25, -0.2) is 0 Å². The molecule has 2 heterocycles. The molecule has 1 saturated carbocycles. The molecule has 1 aromatic carbocycles. The Labute approximate surface area is 171 Å². The Morgan fingerprint density at radius 3 is 2.79 bits per heavy atom. The van der Waals surface area contributed by atoms with Crippen LogP contribution in [-0.4, -0.2) is 43.5 Å². The number of benzene rings is 1. The fraction of sp³-hybridized carbons (Fsp3) is 0.478. The predicted octanol–water partition coefficient (Wildman–Crippen LogP) is 3.43. The van der Waals surface area contributed by atoms with Gasteiger partial charge in [0, 0.05) is 7.05 Å². The number of nitrogens with zero attached hydrogens (tertiary/aromatic N) is 1. The molecule has 4 unspecified atom stereocenters. The highest BCUT2D eigenvalue weighted by atomic mass is 16.5. The quantitative estimate of drug-likeness (QED) is 0.712. The third-order valence-corrected chi connectivity index (χ3v) is 6.20. The molecule has 4 rings (SSSR count). The van der Waals surface area contributed by atoms with Crippen LogP contribution in [0.15, 0.2) is 42.2 Å². The summed E-state index contributed by atoms with van der Waals surface area (Å²) in [6, 6.07) is 5.01. The molecule has 0 aromatic heterocycles. The summed E-state index contributed by atoms with van der Waals surface area (Å²) in [5, 5.41) is 0. The van der Waals surface area contributed by atoms with Gasteiger partial charge >= 0.3 is 0 Å². The van der Waals surface area contributed by atoms with Crippen LogP contribution in [0.5, 0.6) is 11.5 Å². The normalized spacial score (nSPS) is 28.6. The van der Waals surface area contributed by atoms with Crippen molar-refractivity contribution in [1.29, 1.82) is 0 Å². The lowest BCUT2D eigenvalue weighted by atomic mass is 9.74. The van der Waals surface area contributed by atoms with E-state index < -0.39 is 6.04 Å². The van der Waals surface area contributed by atoms with E-state index in [-0.39, 0.29) is 29.5 Å². The van der Waals surface area contributed by atoms with Crippen molar-refractivity contribution in [3.8, 4) is 11.5 Å². The zero-order valence-electron chi connectivity index (χ0n) is 17.1. The van der Waals surface area contributed by atoms with Gasteiger partial charge in [-0.1, -0.05) is 25.6 Å². The van der Waals surface area contributed by atoms with Crippen LogP contribution in [0, 0.1) is 11.8 Å². The number of rotatable bonds is 5. The van der Waals surface area contributed by atoms with E-state index in [0.29, 0.717) is 29.6 Å². The Morgan fingerprint density at radius 1 is 1.28 bits per heavy atom. The summed E-state index contributed by atoms with van der Waals surface area (Å²) in [7, 11) is 3.28. The molecule has 0 saturated heterocycles. The van der Waals surface area contributed by atoms with Gasteiger partial charge in [-0.15, -0.1) is 0 Å². The minimum Gasteiger partial charge on any atom is -0.493 e. The van der Waals surface area contributed by atoms with Gasteiger partial charge in [0.1, 0.15) is 12.7 Å². The Hall–Kier alpha value is -2.76. The molecule has 0 spiro atoms. The number of fused-ring (bicyclic) bond motifs is 1. The van der Waals surface area contributed by atoms with Gasteiger partial charge in [0.2, 0.25) is 0 Å². The summed E-state index contributed by atoms with van der Waals surface area (Å²) < 4.78 is 17.2. The van der Waals surface area contributed by atoms with Crippen LogP contribution in [-0.2, 0) is 14.3 Å². The fourth-order valence-corrected chi connectivity index (χ4v) is 4.70. The number of methoxy groups -OCH3 is 1. The molecule has 3 aliphatic rings. The maximum absolute atomic E-state index is 13.4. The second-order valence-electron chi connectivity index (χ2n) is 8.12. The maximum Gasteiger partial charge on any atom is 0.289 e. The summed E-state index contributed by atoms with van der Waals surface area (Å²) in [6.07, 6.45) is 4.13. The molecule has 1 fully saturated rings. The van der Waals surface area contributed by atoms with Gasteiger partial charge < -0.3 is 19.1 Å². The van der Waals surface area contributed by atoms with E-state index >= 15 is 0 Å². The Balaban J connectivity index is 1.72. The third kappa shape index (κ3) is 3.20. The standard InChI is InChI=1S/C23H27NO5/c1-5-10-28-17-9-7-14(12-18(17)27-4)20-19-21(25)15-11-13(2)6-8-16(15)29-22(19)23(26)24(20)3/h5,7,9,12-13,15-16,20H,1,6,8,10-11H2,2-4H3. The van der Waals surface area contributed by atoms with Crippen molar-refractivity contribution >= 4 is 11.7 Å². The average Bonchev–Trinajstić information content (AvgIpc) is 2.98. The second-order valence-corrected chi connectivity index (χ2v) is 8.12. The number of carbonyl (C=O) groups is 2. The number of amides is 1. The predicted molar refractivity (Wildman–Crippen MR) is 108 cm³/mol. The van der Waals surface area contributed by atoms with Crippen LogP contribution in [0.3, 0.4) is 0 Å². The van der Waals surface area contributed by atoms with Crippen LogP contribution in [0.25, 0.3) is 0 Å². The molecular formula is C23H27NO5. The second kappa shape index (κ2) is 7.58. The molecule has 2 aliphatic heterocycles.